The summed E-state index contributed by atoms with van der Waals surface area (Å²) in [5, 5.41) is 1.84. The minimum Gasteiger partial charge on any atom is -0.496 e. The topological polar surface area (TPSA) is 116 Å². The SMILES string of the molecule is COc1ccc(F)cc1C(C[SH]1C(=O)C(C(C)(C)C(=O)NC(C)C)C(=O)C1C)OCCS(C)(=O)=O. The van der Waals surface area contributed by atoms with E-state index in [1.165, 1.54) is 25.3 Å². The number of halogens is 1. The van der Waals surface area contributed by atoms with Crippen LogP contribution in [0.25, 0.3) is 0 Å². The zero-order valence-electron chi connectivity index (χ0n) is 21.3. The van der Waals surface area contributed by atoms with E-state index in [0.29, 0.717) is 11.3 Å². The van der Waals surface area contributed by atoms with Gasteiger partial charge in [0.2, 0.25) is 5.91 Å². The third-order valence-corrected chi connectivity index (χ3v) is 9.74. The maximum atomic E-state index is 14.1. The van der Waals surface area contributed by atoms with Crippen molar-refractivity contribution in [3.05, 3.63) is 29.6 Å². The number of carbonyl (C=O) groups is 3. The molecule has 2 rings (SSSR count). The van der Waals surface area contributed by atoms with Crippen LogP contribution in [0.4, 0.5) is 4.39 Å². The number of thiol groups is 1. The molecule has 8 nitrogen and oxygen atoms in total. The van der Waals surface area contributed by atoms with E-state index in [0.717, 1.165) is 6.26 Å². The molecule has 1 N–H and O–H groups in total. The molecule has 11 heteroatoms. The fourth-order valence-electron chi connectivity index (χ4n) is 4.08. The van der Waals surface area contributed by atoms with Gasteiger partial charge in [-0.2, -0.15) is 10.9 Å². The number of amides is 1. The molecule has 0 aromatic heterocycles. The van der Waals surface area contributed by atoms with Crippen LogP contribution in [0, 0.1) is 17.2 Å². The van der Waals surface area contributed by atoms with Gasteiger partial charge in [0.25, 0.3) is 0 Å². The fraction of sp³-hybridized carbons (Fsp3) is 0.625. The predicted molar refractivity (Wildman–Crippen MR) is 135 cm³/mol. The van der Waals surface area contributed by atoms with Crippen LogP contribution in [0.15, 0.2) is 18.2 Å². The van der Waals surface area contributed by atoms with E-state index in [2.05, 4.69) is 5.32 Å². The second-order valence-electron chi connectivity index (χ2n) is 9.73. The lowest BCUT2D eigenvalue weighted by Gasteiger charge is -2.30. The van der Waals surface area contributed by atoms with E-state index in [1.54, 1.807) is 34.6 Å². The van der Waals surface area contributed by atoms with Gasteiger partial charge in [-0.3, -0.25) is 14.4 Å². The molecule has 1 aliphatic heterocycles. The Morgan fingerprint density at radius 3 is 2.43 bits per heavy atom. The average Bonchev–Trinajstić information content (AvgIpc) is 2.94. The van der Waals surface area contributed by atoms with E-state index in [4.69, 9.17) is 9.47 Å². The summed E-state index contributed by atoms with van der Waals surface area (Å²) in [6, 6.07) is 3.72. The molecule has 0 spiro atoms. The number of sulfone groups is 1. The normalized spacial score (nSPS) is 22.9. The van der Waals surface area contributed by atoms with Gasteiger partial charge in [0, 0.05) is 28.9 Å². The molecule has 1 heterocycles. The third-order valence-electron chi connectivity index (χ3n) is 6.09. The lowest BCUT2D eigenvalue weighted by atomic mass is 9.75. The summed E-state index contributed by atoms with van der Waals surface area (Å²) in [6.07, 6.45) is 0.202. The zero-order chi connectivity index (χ0) is 26.7. The Labute approximate surface area is 209 Å². The lowest BCUT2D eigenvalue weighted by Crippen LogP contribution is -2.48. The Morgan fingerprint density at radius 1 is 1.26 bits per heavy atom. The monoisotopic (exact) mass is 533 g/mol. The number of carbonyl (C=O) groups excluding carboxylic acids is 3. The third kappa shape index (κ3) is 7.04. The molecular weight excluding hydrogens is 497 g/mol. The largest absolute Gasteiger partial charge is 0.496 e. The van der Waals surface area contributed by atoms with Crippen molar-refractivity contribution in [3.63, 3.8) is 0 Å². The van der Waals surface area contributed by atoms with Gasteiger partial charge in [-0.15, -0.1) is 0 Å². The van der Waals surface area contributed by atoms with Crippen molar-refractivity contribution in [1.29, 1.82) is 0 Å². The summed E-state index contributed by atoms with van der Waals surface area (Å²) in [5.74, 6) is -2.19. The van der Waals surface area contributed by atoms with Crippen LogP contribution in [0.2, 0.25) is 0 Å². The Morgan fingerprint density at radius 2 is 1.89 bits per heavy atom. The summed E-state index contributed by atoms with van der Waals surface area (Å²) in [4.78, 5) is 39.6. The van der Waals surface area contributed by atoms with Crippen LogP contribution in [-0.2, 0) is 29.0 Å². The summed E-state index contributed by atoms with van der Waals surface area (Å²) < 4.78 is 48.6. The first kappa shape index (κ1) is 29.3. The predicted octanol–water partition coefficient (Wildman–Crippen LogP) is 2.60. The molecule has 1 aromatic rings. The number of hydrogen-bond acceptors (Lipinski definition) is 7. The molecule has 1 aliphatic rings. The highest BCUT2D eigenvalue weighted by Gasteiger charge is 2.55. The van der Waals surface area contributed by atoms with E-state index < -0.39 is 49.2 Å². The average molecular weight is 534 g/mol. The van der Waals surface area contributed by atoms with E-state index in [1.807, 2.05) is 0 Å². The zero-order valence-corrected chi connectivity index (χ0v) is 23.0. The maximum absolute atomic E-state index is 14.1. The molecule has 0 radical (unpaired) electrons. The Balaban J connectivity index is 2.40. The van der Waals surface area contributed by atoms with Crippen LogP contribution in [0.5, 0.6) is 5.75 Å². The fourth-order valence-corrected chi connectivity index (χ4v) is 7.26. The Kier molecular flexibility index (Phi) is 9.52. The Hall–Kier alpha value is -1.98. The summed E-state index contributed by atoms with van der Waals surface area (Å²) in [7, 11) is -3.52. The molecule has 0 aliphatic carbocycles. The first-order valence-corrected chi connectivity index (χ1v) is 15.0. The summed E-state index contributed by atoms with van der Waals surface area (Å²) in [5.41, 5.74) is -0.913. The van der Waals surface area contributed by atoms with Gasteiger partial charge in [0.05, 0.1) is 36.9 Å². The van der Waals surface area contributed by atoms with Crippen molar-refractivity contribution in [3.8, 4) is 5.75 Å². The smallest absolute Gasteiger partial charge is 0.227 e. The van der Waals surface area contributed by atoms with Crippen LogP contribution in [0.1, 0.15) is 46.3 Å². The standard InChI is InChI=1S/C24H36FNO7S2/c1-14(2)26-23(29)24(4,5)20-21(27)15(3)34(22(20)28)13-19(33-10-11-35(7,30)31)17-12-16(25)8-9-18(17)32-6/h8-9,12,14-15,19-20,34H,10-11,13H2,1-7H3,(H,26,29). The molecule has 0 saturated carbocycles. The van der Waals surface area contributed by atoms with E-state index >= 15 is 0 Å². The number of hydrogen-bond donors (Lipinski definition) is 2. The first-order valence-electron chi connectivity index (χ1n) is 11.4. The van der Waals surface area contributed by atoms with Crippen LogP contribution in [-0.4, -0.2) is 68.0 Å². The quantitative estimate of drug-likeness (QED) is 0.332. The highest BCUT2D eigenvalue weighted by atomic mass is 32.2. The Bertz CT molecular complexity index is 1070. The molecule has 1 saturated heterocycles. The number of ketones is 1. The van der Waals surface area contributed by atoms with Crippen molar-refractivity contribution in [2.75, 3.05) is 31.5 Å². The first-order chi connectivity index (χ1) is 16.1. The number of benzene rings is 1. The number of methoxy groups -OCH3 is 1. The molecule has 4 atom stereocenters. The van der Waals surface area contributed by atoms with Crippen molar-refractivity contribution in [2.45, 2.75) is 52.0 Å². The van der Waals surface area contributed by atoms with E-state index in [9.17, 15) is 27.2 Å². The molecule has 1 aromatic carbocycles. The second kappa shape index (κ2) is 11.4. The summed E-state index contributed by atoms with van der Waals surface area (Å²) in [6.45, 7) is 8.27. The van der Waals surface area contributed by atoms with Crippen molar-refractivity contribution in [1.82, 2.24) is 5.32 Å². The van der Waals surface area contributed by atoms with Crippen molar-refractivity contribution >= 4 is 37.5 Å². The second-order valence-corrected chi connectivity index (χ2v) is 14.5. The number of Topliss-reactive ketones (excluding diaryl/α,β-unsaturated/α-hetero) is 1. The van der Waals surface area contributed by atoms with Gasteiger partial charge in [-0.25, -0.2) is 12.8 Å². The van der Waals surface area contributed by atoms with Crippen molar-refractivity contribution < 1.29 is 36.7 Å². The highest BCUT2D eigenvalue weighted by Crippen LogP contribution is 2.52. The van der Waals surface area contributed by atoms with Gasteiger partial charge >= 0.3 is 0 Å². The van der Waals surface area contributed by atoms with Gasteiger partial charge in [-0.1, -0.05) is 0 Å². The minimum atomic E-state index is -3.32. The van der Waals surface area contributed by atoms with Gasteiger partial charge in [0.1, 0.15) is 21.4 Å². The maximum Gasteiger partial charge on any atom is 0.227 e. The van der Waals surface area contributed by atoms with Gasteiger partial charge in [0.15, 0.2) is 10.9 Å². The van der Waals surface area contributed by atoms with Crippen LogP contribution in [0.3, 0.4) is 0 Å². The molecule has 4 unspecified atom stereocenters. The lowest BCUT2D eigenvalue weighted by molar-refractivity contribution is -0.142. The number of ether oxygens (including phenoxy) is 2. The van der Waals surface area contributed by atoms with Gasteiger partial charge < -0.3 is 14.8 Å². The number of rotatable bonds is 11. The molecular formula is C24H36FNO7S2. The van der Waals surface area contributed by atoms with Crippen LogP contribution >= 0.6 is 10.9 Å². The minimum absolute atomic E-state index is 0.0724. The van der Waals surface area contributed by atoms with Crippen molar-refractivity contribution in [2.24, 2.45) is 11.3 Å². The highest BCUT2D eigenvalue weighted by molar-refractivity contribution is 8.31. The summed E-state index contributed by atoms with van der Waals surface area (Å²) >= 11 is 0. The van der Waals surface area contributed by atoms with E-state index in [-0.39, 0.29) is 41.0 Å². The molecule has 1 amide bonds. The van der Waals surface area contributed by atoms with Crippen LogP contribution < -0.4 is 10.1 Å². The van der Waals surface area contributed by atoms with Gasteiger partial charge in [-0.05, 0) is 52.8 Å². The molecule has 35 heavy (non-hydrogen) atoms. The molecule has 198 valence electrons. The molecule has 1 fully saturated rings. The number of nitrogens with one attached hydrogen (secondary N) is 1. The molecule has 0 bridgehead atoms.